The molecule has 0 aromatic heterocycles. The standard InChI is InChI=1S/C30H22ClN3O5/c31-24-15-10-21(11-16-24)28(36)32-25-17-12-22(13-18-25)29(37)34-33-27(35)19-14-20-6-4-5-9-26(20)39-30(38)23-7-2-1-3-8-23/h1-19H,(H,32,36)(H,33,35)(H,34,37)/b19-14+. The molecule has 0 aliphatic carbocycles. The van der Waals surface area contributed by atoms with E-state index in [9.17, 15) is 19.2 Å². The number of carbonyl (C=O) groups is 4. The Morgan fingerprint density at radius 3 is 1.97 bits per heavy atom. The third-order valence-electron chi connectivity index (χ3n) is 5.36. The molecule has 4 aromatic carbocycles. The second kappa shape index (κ2) is 12.8. The topological polar surface area (TPSA) is 114 Å². The van der Waals surface area contributed by atoms with Gasteiger partial charge in [0.1, 0.15) is 5.75 Å². The van der Waals surface area contributed by atoms with Crippen LogP contribution >= 0.6 is 11.6 Å². The van der Waals surface area contributed by atoms with Gasteiger partial charge in [0.15, 0.2) is 0 Å². The van der Waals surface area contributed by atoms with Crippen LogP contribution in [0.5, 0.6) is 5.75 Å². The zero-order chi connectivity index (χ0) is 27.6. The quantitative estimate of drug-likeness (QED) is 0.128. The number of hydrazine groups is 1. The van der Waals surface area contributed by atoms with E-state index >= 15 is 0 Å². The highest BCUT2D eigenvalue weighted by atomic mass is 35.5. The summed E-state index contributed by atoms with van der Waals surface area (Å²) in [5, 5.41) is 3.25. The van der Waals surface area contributed by atoms with E-state index in [1.54, 1.807) is 91.0 Å². The number of amides is 3. The van der Waals surface area contributed by atoms with Gasteiger partial charge in [-0.3, -0.25) is 25.2 Å². The van der Waals surface area contributed by atoms with Crippen molar-refractivity contribution in [3.63, 3.8) is 0 Å². The van der Waals surface area contributed by atoms with Crippen LogP contribution in [-0.2, 0) is 4.79 Å². The first kappa shape index (κ1) is 26.8. The Morgan fingerprint density at radius 2 is 1.26 bits per heavy atom. The van der Waals surface area contributed by atoms with Gasteiger partial charge < -0.3 is 10.1 Å². The summed E-state index contributed by atoms with van der Waals surface area (Å²) in [4.78, 5) is 49.4. The molecule has 4 aromatic rings. The summed E-state index contributed by atoms with van der Waals surface area (Å²) in [6.07, 6.45) is 2.66. The molecule has 3 amide bonds. The maximum absolute atomic E-state index is 12.4. The van der Waals surface area contributed by atoms with Crippen LogP contribution in [0.15, 0.2) is 109 Å². The van der Waals surface area contributed by atoms with Crippen LogP contribution in [-0.4, -0.2) is 23.7 Å². The Morgan fingerprint density at radius 1 is 0.641 bits per heavy atom. The summed E-state index contributed by atoms with van der Waals surface area (Å²) >= 11 is 5.84. The van der Waals surface area contributed by atoms with Crippen molar-refractivity contribution in [3.8, 4) is 5.75 Å². The van der Waals surface area contributed by atoms with Crippen molar-refractivity contribution in [1.82, 2.24) is 10.9 Å². The molecule has 0 radical (unpaired) electrons. The Labute approximate surface area is 229 Å². The monoisotopic (exact) mass is 539 g/mol. The molecule has 0 spiro atoms. The van der Waals surface area contributed by atoms with Crippen LogP contribution in [0.25, 0.3) is 6.08 Å². The number of benzene rings is 4. The summed E-state index contributed by atoms with van der Waals surface area (Å²) in [6.45, 7) is 0. The Balaban J connectivity index is 1.29. The lowest BCUT2D eigenvalue weighted by Gasteiger charge is -2.08. The van der Waals surface area contributed by atoms with E-state index in [0.717, 1.165) is 0 Å². The van der Waals surface area contributed by atoms with Gasteiger partial charge in [0.25, 0.3) is 17.7 Å². The van der Waals surface area contributed by atoms with Gasteiger partial charge in [0.2, 0.25) is 0 Å². The summed E-state index contributed by atoms with van der Waals surface area (Å²) in [6, 6.07) is 27.9. The summed E-state index contributed by atoms with van der Waals surface area (Å²) in [5.41, 5.74) is 6.71. The first-order valence-corrected chi connectivity index (χ1v) is 12.1. The van der Waals surface area contributed by atoms with Gasteiger partial charge >= 0.3 is 5.97 Å². The van der Waals surface area contributed by atoms with E-state index in [1.165, 1.54) is 24.3 Å². The lowest BCUT2D eigenvalue weighted by Crippen LogP contribution is -2.40. The number of nitrogens with one attached hydrogen (secondary N) is 3. The fraction of sp³-hybridized carbons (Fsp3) is 0. The minimum absolute atomic E-state index is 0.266. The van der Waals surface area contributed by atoms with E-state index in [1.807, 2.05) is 0 Å². The number of hydrogen-bond acceptors (Lipinski definition) is 5. The number of para-hydroxylation sites is 1. The van der Waals surface area contributed by atoms with Gasteiger partial charge in [0, 0.05) is 33.5 Å². The summed E-state index contributed by atoms with van der Waals surface area (Å²) < 4.78 is 5.46. The minimum atomic E-state index is -0.598. The lowest BCUT2D eigenvalue weighted by atomic mass is 10.1. The lowest BCUT2D eigenvalue weighted by molar-refractivity contribution is -0.117. The molecule has 0 fully saturated rings. The van der Waals surface area contributed by atoms with Crippen LogP contribution in [0.4, 0.5) is 5.69 Å². The number of ether oxygens (including phenoxy) is 1. The smallest absolute Gasteiger partial charge is 0.343 e. The van der Waals surface area contributed by atoms with Gasteiger partial charge in [0.05, 0.1) is 5.56 Å². The SMILES string of the molecule is O=C(/C=C/c1ccccc1OC(=O)c1ccccc1)NNC(=O)c1ccc(NC(=O)c2ccc(Cl)cc2)cc1. The van der Waals surface area contributed by atoms with Crippen molar-refractivity contribution in [3.05, 3.63) is 136 Å². The molecule has 0 unspecified atom stereocenters. The van der Waals surface area contributed by atoms with E-state index in [2.05, 4.69) is 16.2 Å². The predicted molar refractivity (Wildman–Crippen MR) is 148 cm³/mol. The fourth-order valence-electron chi connectivity index (χ4n) is 3.35. The van der Waals surface area contributed by atoms with Crippen molar-refractivity contribution < 1.29 is 23.9 Å². The Hall–Kier alpha value is -5.21. The van der Waals surface area contributed by atoms with Gasteiger partial charge in [-0.1, -0.05) is 48.0 Å². The van der Waals surface area contributed by atoms with Crippen molar-refractivity contribution in [1.29, 1.82) is 0 Å². The average Bonchev–Trinajstić information content (AvgIpc) is 2.96. The van der Waals surface area contributed by atoms with Crippen molar-refractivity contribution in [2.45, 2.75) is 0 Å². The van der Waals surface area contributed by atoms with Gasteiger partial charge in [-0.15, -0.1) is 0 Å². The van der Waals surface area contributed by atoms with Crippen molar-refractivity contribution in [2.24, 2.45) is 0 Å². The maximum atomic E-state index is 12.4. The number of hydrogen-bond donors (Lipinski definition) is 3. The molecular weight excluding hydrogens is 518 g/mol. The molecule has 9 heteroatoms. The third-order valence-corrected chi connectivity index (χ3v) is 5.61. The molecule has 0 aliphatic rings. The number of anilines is 1. The van der Waals surface area contributed by atoms with Crippen LogP contribution in [0.1, 0.15) is 36.6 Å². The zero-order valence-corrected chi connectivity index (χ0v) is 21.1. The molecule has 0 atom stereocenters. The Bertz CT molecular complexity index is 1520. The fourth-order valence-corrected chi connectivity index (χ4v) is 3.48. The molecule has 0 heterocycles. The molecule has 39 heavy (non-hydrogen) atoms. The van der Waals surface area contributed by atoms with Crippen molar-refractivity contribution in [2.75, 3.05) is 5.32 Å². The maximum Gasteiger partial charge on any atom is 0.343 e. The summed E-state index contributed by atoms with van der Waals surface area (Å²) in [5.74, 6) is -1.71. The number of halogens is 1. The zero-order valence-electron chi connectivity index (χ0n) is 20.4. The normalized spacial score (nSPS) is 10.5. The van der Waals surface area contributed by atoms with E-state index < -0.39 is 17.8 Å². The predicted octanol–water partition coefficient (Wildman–Crippen LogP) is 5.29. The van der Waals surface area contributed by atoms with Crippen LogP contribution in [0, 0.1) is 0 Å². The van der Waals surface area contributed by atoms with Gasteiger partial charge in [-0.2, -0.15) is 0 Å². The molecular formula is C30H22ClN3O5. The molecule has 8 nitrogen and oxygen atoms in total. The molecule has 0 aliphatic heterocycles. The second-order valence-electron chi connectivity index (χ2n) is 8.11. The highest BCUT2D eigenvalue weighted by Crippen LogP contribution is 2.21. The third kappa shape index (κ3) is 7.64. The molecule has 194 valence electrons. The first-order valence-electron chi connectivity index (χ1n) is 11.7. The molecule has 0 saturated heterocycles. The van der Waals surface area contributed by atoms with E-state index in [0.29, 0.717) is 27.4 Å². The highest BCUT2D eigenvalue weighted by molar-refractivity contribution is 6.30. The van der Waals surface area contributed by atoms with Crippen LogP contribution in [0.2, 0.25) is 5.02 Å². The second-order valence-corrected chi connectivity index (χ2v) is 8.54. The van der Waals surface area contributed by atoms with E-state index in [-0.39, 0.29) is 17.2 Å². The number of rotatable bonds is 7. The molecule has 3 N–H and O–H groups in total. The van der Waals surface area contributed by atoms with Crippen LogP contribution in [0.3, 0.4) is 0 Å². The molecule has 0 bridgehead atoms. The van der Waals surface area contributed by atoms with E-state index in [4.69, 9.17) is 16.3 Å². The molecule has 0 saturated carbocycles. The average molecular weight is 540 g/mol. The molecule has 4 rings (SSSR count). The number of carbonyl (C=O) groups excluding carboxylic acids is 4. The largest absolute Gasteiger partial charge is 0.422 e. The highest BCUT2D eigenvalue weighted by Gasteiger charge is 2.11. The van der Waals surface area contributed by atoms with Gasteiger partial charge in [-0.25, -0.2) is 4.79 Å². The van der Waals surface area contributed by atoms with Gasteiger partial charge in [-0.05, 0) is 72.8 Å². The first-order chi connectivity index (χ1) is 18.9. The van der Waals surface area contributed by atoms with Crippen molar-refractivity contribution >= 4 is 47.1 Å². The van der Waals surface area contributed by atoms with Crippen LogP contribution < -0.4 is 20.9 Å². The minimum Gasteiger partial charge on any atom is -0.422 e. The number of esters is 1. The summed E-state index contributed by atoms with van der Waals surface area (Å²) in [7, 11) is 0. The Kier molecular flexibility index (Phi) is 8.84.